The fourth-order valence-electron chi connectivity index (χ4n) is 1.71. The summed E-state index contributed by atoms with van der Waals surface area (Å²) in [6.07, 6.45) is -0.612. The molecular formula is C12H26N2O3Si. The summed E-state index contributed by atoms with van der Waals surface area (Å²) in [6, 6.07) is -0.161. The van der Waals surface area contributed by atoms with E-state index in [4.69, 9.17) is 4.43 Å². The van der Waals surface area contributed by atoms with E-state index >= 15 is 0 Å². The van der Waals surface area contributed by atoms with Gasteiger partial charge in [-0.1, -0.05) is 20.8 Å². The molecule has 1 heterocycles. The van der Waals surface area contributed by atoms with Crippen LogP contribution in [0.4, 0.5) is 0 Å². The Kier molecular flexibility index (Phi) is 4.59. The summed E-state index contributed by atoms with van der Waals surface area (Å²) in [7, 11) is -1.96. The summed E-state index contributed by atoms with van der Waals surface area (Å²) in [4.78, 5) is 11.2. The van der Waals surface area contributed by atoms with E-state index in [9.17, 15) is 9.90 Å². The van der Waals surface area contributed by atoms with Crippen molar-refractivity contribution >= 4 is 14.2 Å². The van der Waals surface area contributed by atoms with Crippen molar-refractivity contribution in [1.29, 1.82) is 0 Å². The van der Waals surface area contributed by atoms with Crippen LogP contribution < -0.4 is 10.9 Å². The van der Waals surface area contributed by atoms with Gasteiger partial charge in [-0.15, -0.1) is 0 Å². The molecule has 1 fully saturated rings. The Bertz CT molecular complexity index is 313. The topological polar surface area (TPSA) is 70.6 Å². The van der Waals surface area contributed by atoms with Crippen LogP contribution >= 0.6 is 0 Å². The lowest BCUT2D eigenvalue weighted by Gasteiger charge is -2.41. The van der Waals surface area contributed by atoms with Gasteiger partial charge in [0.25, 0.3) is 0 Å². The average Bonchev–Trinajstić information content (AvgIpc) is 2.59. The molecule has 0 radical (unpaired) electrons. The highest BCUT2D eigenvalue weighted by molar-refractivity contribution is 6.74. The molecule has 0 aliphatic carbocycles. The van der Waals surface area contributed by atoms with Crippen molar-refractivity contribution in [3.63, 3.8) is 0 Å². The molecule has 0 aromatic carbocycles. The minimum atomic E-state index is -1.96. The van der Waals surface area contributed by atoms with Crippen LogP contribution in [-0.4, -0.2) is 37.6 Å². The zero-order valence-electron chi connectivity index (χ0n) is 12.2. The first kappa shape index (κ1) is 15.6. The van der Waals surface area contributed by atoms with E-state index in [1.807, 2.05) is 0 Å². The number of rotatable bonds is 4. The second kappa shape index (κ2) is 5.28. The summed E-state index contributed by atoms with van der Waals surface area (Å²) >= 11 is 0. The molecular weight excluding hydrogens is 248 g/mol. The summed E-state index contributed by atoms with van der Waals surface area (Å²) in [6.45, 7) is 12.5. The Morgan fingerprint density at radius 3 is 2.33 bits per heavy atom. The molecule has 0 spiro atoms. The first-order chi connectivity index (χ1) is 8.04. The normalized spacial score (nSPS) is 24.8. The third-order valence-corrected chi connectivity index (χ3v) is 8.39. The highest BCUT2D eigenvalue weighted by atomic mass is 28.4. The van der Waals surface area contributed by atoms with Crippen LogP contribution in [0, 0.1) is 0 Å². The molecule has 0 unspecified atom stereocenters. The number of nitrogens with one attached hydrogen (secondary N) is 2. The Balaban J connectivity index is 2.78. The van der Waals surface area contributed by atoms with E-state index in [0.717, 1.165) is 0 Å². The zero-order chi connectivity index (χ0) is 14.1. The molecule has 3 atom stereocenters. The predicted octanol–water partition coefficient (Wildman–Crippen LogP) is 1.15. The van der Waals surface area contributed by atoms with Crippen molar-refractivity contribution in [2.45, 2.75) is 70.5 Å². The molecule has 3 N–H and O–H groups in total. The Labute approximate surface area is 110 Å². The monoisotopic (exact) mass is 274 g/mol. The fraction of sp³-hybridized carbons (Fsp3) is 0.917. The van der Waals surface area contributed by atoms with E-state index in [-0.39, 0.29) is 23.1 Å². The molecule has 0 saturated carbocycles. The number of carbonyl (C=O) groups excluding carboxylic acids is 1. The molecule has 1 amide bonds. The molecule has 1 saturated heterocycles. The summed E-state index contributed by atoms with van der Waals surface area (Å²) in [5, 5.41) is 9.99. The highest BCUT2D eigenvalue weighted by Crippen LogP contribution is 2.38. The van der Waals surface area contributed by atoms with Gasteiger partial charge in [0, 0.05) is 6.42 Å². The maximum Gasteiger partial charge on any atom is 0.235 e. The van der Waals surface area contributed by atoms with Crippen LogP contribution in [0.15, 0.2) is 0 Å². The minimum absolute atomic E-state index is 0.0514. The number of aliphatic hydroxyl groups excluding tert-OH is 1. The van der Waals surface area contributed by atoms with Crippen LogP contribution in [0.3, 0.4) is 0 Å². The first-order valence-electron chi connectivity index (χ1n) is 6.45. The molecule has 0 aromatic heterocycles. The molecule has 1 aliphatic heterocycles. The van der Waals surface area contributed by atoms with Gasteiger partial charge >= 0.3 is 0 Å². The summed E-state index contributed by atoms with van der Waals surface area (Å²) < 4.78 is 6.23. The largest absolute Gasteiger partial charge is 0.410 e. The van der Waals surface area contributed by atoms with Crippen molar-refractivity contribution in [1.82, 2.24) is 10.9 Å². The van der Waals surface area contributed by atoms with E-state index in [2.05, 4.69) is 44.7 Å². The number of amides is 1. The average molecular weight is 274 g/mol. The van der Waals surface area contributed by atoms with E-state index < -0.39 is 14.4 Å². The fourth-order valence-corrected chi connectivity index (χ4v) is 3.10. The Morgan fingerprint density at radius 2 is 2.00 bits per heavy atom. The predicted molar refractivity (Wildman–Crippen MR) is 73.4 cm³/mol. The standard InChI is InChI=1S/C12H26N2O3Si/c1-8(15)11(9-7-10(16)14-13-9)17-18(5,6)12(2,3)4/h8-9,11,13,15H,7H2,1-6H3,(H,14,16)/t8-,9-,11-/m0/s1. The molecule has 1 rings (SSSR count). The zero-order valence-corrected chi connectivity index (χ0v) is 13.2. The maximum absolute atomic E-state index is 11.2. The Morgan fingerprint density at radius 1 is 1.44 bits per heavy atom. The van der Waals surface area contributed by atoms with E-state index in [0.29, 0.717) is 6.42 Å². The van der Waals surface area contributed by atoms with E-state index in [1.165, 1.54) is 0 Å². The minimum Gasteiger partial charge on any atom is -0.410 e. The van der Waals surface area contributed by atoms with Crippen LogP contribution in [-0.2, 0) is 9.22 Å². The van der Waals surface area contributed by atoms with Gasteiger partial charge in [0.05, 0.1) is 18.2 Å². The van der Waals surface area contributed by atoms with Crippen molar-refractivity contribution in [3.8, 4) is 0 Å². The molecule has 5 nitrogen and oxygen atoms in total. The quantitative estimate of drug-likeness (QED) is 0.673. The Hall–Kier alpha value is -0.433. The lowest BCUT2D eigenvalue weighted by molar-refractivity contribution is -0.119. The van der Waals surface area contributed by atoms with Crippen LogP contribution in [0.25, 0.3) is 0 Å². The molecule has 6 heteroatoms. The van der Waals surface area contributed by atoms with Gasteiger partial charge in [0.1, 0.15) is 0 Å². The van der Waals surface area contributed by atoms with Gasteiger partial charge in [-0.3, -0.25) is 10.2 Å². The van der Waals surface area contributed by atoms with Gasteiger partial charge in [-0.05, 0) is 25.1 Å². The van der Waals surface area contributed by atoms with Crippen molar-refractivity contribution in [2.24, 2.45) is 0 Å². The van der Waals surface area contributed by atoms with Crippen LogP contribution in [0.5, 0.6) is 0 Å². The SMILES string of the molecule is C[C@H](O)[C@H](O[Si](C)(C)C(C)(C)C)[C@@H]1CC(=O)NN1. The van der Waals surface area contributed by atoms with Crippen LogP contribution in [0.2, 0.25) is 18.1 Å². The van der Waals surface area contributed by atoms with E-state index in [1.54, 1.807) is 6.92 Å². The maximum atomic E-state index is 11.2. The summed E-state index contributed by atoms with van der Waals surface area (Å²) in [5.41, 5.74) is 5.46. The third kappa shape index (κ3) is 3.54. The van der Waals surface area contributed by atoms with Gasteiger partial charge in [0.2, 0.25) is 5.91 Å². The number of aliphatic hydroxyl groups is 1. The highest BCUT2D eigenvalue weighted by Gasteiger charge is 2.43. The molecule has 0 aromatic rings. The number of hydrazine groups is 1. The third-order valence-electron chi connectivity index (χ3n) is 3.91. The smallest absolute Gasteiger partial charge is 0.235 e. The van der Waals surface area contributed by atoms with Crippen LogP contribution in [0.1, 0.15) is 34.1 Å². The van der Waals surface area contributed by atoms with Gasteiger partial charge in [-0.2, -0.15) is 0 Å². The lowest BCUT2D eigenvalue weighted by atomic mass is 10.1. The van der Waals surface area contributed by atoms with Crippen molar-refractivity contribution in [3.05, 3.63) is 0 Å². The van der Waals surface area contributed by atoms with Gasteiger partial charge in [0.15, 0.2) is 8.32 Å². The van der Waals surface area contributed by atoms with Crippen molar-refractivity contribution < 1.29 is 14.3 Å². The number of carbonyl (C=O) groups is 1. The second-order valence-corrected chi connectivity index (χ2v) is 11.3. The number of hydrogen-bond donors (Lipinski definition) is 3. The summed E-state index contributed by atoms with van der Waals surface area (Å²) in [5.74, 6) is -0.0514. The molecule has 106 valence electrons. The lowest BCUT2D eigenvalue weighted by Crippen LogP contribution is -2.53. The molecule has 0 bridgehead atoms. The van der Waals surface area contributed by atoms with Gasteiger partial charge < -0.3 is 9.53 Å². The van der Waals surface area contributed by atoms with Gasteiger partial charge in [-0.25, -0.2) is 5.43 Å². The second-order valence-electron chi connectivity index (χ2n) is 6.59. The van der Waals surface area contributed by atoms with Crippen molar-refractivity contribution in [2.75, 3.05) is 0 Å². The molecule has 1 aliphatic rings. The molecule has 18 heavy (non-hydrogen) atoms. The number of hydrogen-bond acceptors (Lipinski definition) is 4. The first-order valence-corrected chi connectivity index (χ1v) is 9.35.